The van der Waals surface area contributed by atoms with E-state index in [9.17, 15) is 9.59 Å². The van der Waals surface area contributed by atoms with E-state index in [2.05, 4.69) is 9.97 Å². The number of nitrogens with zero attached hydrogens (tertiary/aromatic N) is 3. The molecular formula is C17H18N4O3. The van der Waals surface area contributed by atoms with Gasteiger partial charge in [-0.2, -0.15) is 0 Å². The normalized spacial score (nSPS) is 23.1. The van der Waals surface area contributed by atoms with Gasteiger partial charge in [0, 0.05) is 38.0 Å². The third-order valence-corrected chi connectivity index (χ3v) is 4.66. The Balaban J connectivity index is 1.59. The third kappa shape index (κ3) is 2.33. The number of carbonyl (C=O) groups excluding carboxylic acids is 2. The van der Waals surface area contributed by atoms with Gasteiger partial charge in [-0.3, -0.25) is 4.79 Å². The van der Waals surface area contributed by atoms with Crippen LogP contribution in [0.3, 0.4) is 0 Å². The van der Waals surface area contributed by atoms with Gasteiger partial charge in [0.2, 0.25) is 0 Å². The minimum atomic E-state index is -0.568. The molecule has 1 aromatic heterocycles. The van der Waals surface area contributed by atoms with E-state index >= 15 is 0 Å². The van der Waals surface area contributed by atoms with E-state index in [-0.39, 0.29) is 12.0 Å². The third-order valence-electron chi connectivity index (χ3n) is 4.66. The quantitative estimate of drug-likeness (QED) is 0.912. The Labute approximate surface area is 139 Å². The van der Waals surface area contributed by atoms with Crippen LogP contribution in [-0.2, 0) is 4.74 Å². The van der Waals surface area contributed by atoms with Crippen LogP contribution < -0.4 is 0 Å². The Morgan fingerprint density at radius 3 is 2.88 bits per heavy atom. The molecule has 4 rings (SSSR count). The topological polar surface area (TPSA) is 78.5 Å². The number of carbonyl (C=O) groups is 2. The van der Waals surface area contributed by atoms with E-state index in [0.717, 1.165) is 5.56 Å². The van der Waals surface area contributed by atoms with E-state index in [1.807, 2.05) is 18.2 Å². The number of likely N-dealkylation sites (N-methyl/N-ethyl adjacent to an activating group) is 1. The Bertz CT molecular complexity index is 789. The highest BCUT2D eigenvalue weighted by Gasteiger charge is 2.49. The zero-order chi connectivity index (χ0) is 16.7. The SMILES string of the molecule is CN1CC2(CCN(C(=O)c3ccccc3-c3ncc[nH]3)C2)OC1=O. The number of hydrogen-bond acceptors (Lipinski definition) is 4. The first-order valence-electron chi connectivity index (χ1n) is 7.90. The number of ether oxygens (including phenoxy) is 1. The summed E-state index contributed by atoms with van der Waals surface area (Å²) < 4.78 is 5.52. The maximum absolute atomic E-state index is 13.0. The Morgan fingerprint density at radius 1 is 1.33 bits per heavy atom. The average Bonchev–Trinajstić information content (AvgIpc) is 3.29. The number of aromatic amines is 1. The van der Waals surface area contributed by atoms with Gasteiger partial charge in [-0.25, -0.2) is 9.78 Å². The highest BCUT2D eigenvalue weighted by atomic mass is 16.6. The Morgan fingerprint density at radius 2 is 2.17 bits per heavy atom. The van der Waals surface area contributed by atoms with Crippen molar-refractivity contribution in [2.24, 2.45) is 0 Å². The highest BCUT2D eigenvalue weighted by Crippen LogP contribution is 2.33. The molecule has 1 N–H and O–H groups in total. The molecule has 0 bridgehead atoms. The van der Waals surface area contributed by atoms with Gasteiger partial charge < -0.3 is 19.5 Å². The van der Waals surface area contributed by atoms with Gasteiger partial charge in [-0.05, 0) is 6.07 Å². The van der Waals surface area contributed by atoms with Crippen LogP contribution in [0.5, 0.6) is 0 Å². The molecule has 1 spiro atoms. The smallest absolute Gasteiger partial charge is 0.410 e. The highest BCUT2D eigenvalue weighted by molar-refractivity contribution is 6.00. The van der Waals surface area contributed by atoms with Crippen molar-refractivity contribution in [2.45, 2.75) is 12.0 Å². The second-order valence-corrected chi connectivity index (χ2v) is 6.37. The van der Waals surface area contributed by atoms with Crippen LogP contribution in [0.1, 0.15) is 16.8 Å². The van der Waals surface area contributed by atoms with Crippen molar-refractivity contribution in [2.75, 3.05) is 26.7 Å². The maximum Gasteiger partial charge on any atom is 0.410 e. The van der Waals surface area contributed by atoms with E-state index in [1.165, 1.54) is 0 Å². The number of likely N-dealkylation sites (tertiary alicyclic amines) is 1. The molecule has 7 heteroatoms. The average molecular weight is 326 g/mol. The molecule has 1 unspecified atom stereocenters. The van der Waals surface area contributed by atoms with E-state index < -0.39 is 5.60 Å². The molecule has 1 aromatic carbocycles. The zero-order valence-electron chi connectivity index (χ0n) is 13.4. The molecule has 2 fully saturated rings. The number of nitrogens with one attached hydrogen (secondary N) is 1. The summed E-state index contributed by atoms with van der Waals surface area (Å²) in [5.74, 6) is 0.601. The summed E-state index contributed by atoms with van der Waals surface area (Å²) in [4.78, 5) is 35.3. The fourth-order valence-corrected chi connectivity index (χ4v) is 3.48. The lowest BCUT2D eigenvalue weighted by atomic mass is 10.0. The lowest BCUT2D eigenvalue weighted by Crippen LogP contribution is -2.39. The molecule has 1 atom stereocenters. The molecular weight excluding hydrogens is 308 g/mol. The number of imidazole rings is 1. The van der Waals surface area contributed by atoms with Gasteiger partial charge in [-0.1, -0.05) is 18.2 Å². The van der Waals surface area contributed by atoms with Gasteiger partial charge in [0.1, 0.15) is 5.82 Å². The van der Waals surface area contributed by atoms with Crippen molar-refractivity contribution in [1.29, 1.82) is 0 Å². The first-order chi connectivity index (χ1) is 11.6. The first-order valence-corrected chi connectivity index (χ1v) is 7.90. The van der Waals surface area contributed by atoms with Crippen LogP contribution in [0.25, 0.3) is 11.4 Å². The van der Waals surface area contributed by atoms with Crippen molar-refractivity contribution in [3.05, 3.63) is 42.2 Å². The number of H-pyrrole nitrogens is 1. The van der Waals surface area contributed by atoms with E-state index in [0.29, 0.717) is 37.4 Å². The second kappa shape index (κ2) is 5.36. The Kier molecular flexibility index (Phi) is 3.30. The molecule has 7 nitrogen and oxygen atoms in total. The number of rotatable bonds is 2. The van der Waals surface area contributed by atoms with Gasteiger partial charge in [0.05, 0.1) is 18.7 Å². The van der Waals surface area contributed by atoms with Crippen LogP contribution >= 0.6 is 0 Å². The molecule has 2 aromatic rings. The van der Waals surface area contributed by atoms with Crippen LogP contribution in [0.15, 0.2) is 36.7 Å². The molecule has 2 amide bonds. The molecule has 24 heavy (non-hydrogen) atoms. The summed E-state index contributed by atoms with van der Waals surface area (Å²) in [6, 6.07) is 7.40. The fraction of sp³-hybridized carbons (Fsp3) is 0.353. The lowest BCUT2D eigenvalue weighted by Gasteiger charge is -2.22. The lowest BCUT2D eigenvalue weighted by molar-refractivity contribution is 0.0553. The second-order valence-electron chi connectivity index (χ2n) is 6.37. The van der Waals surface area contributed by atoms with Crippen LogP contribution in [0.2, 0.25) is 0 Å². The fourth-order valence-electron chi connectivity index (χ4n) is 3.48. The van der Waals surface area contributed by atoms with Crippen LogP contribution in [0.4, 0.5) is 4.79 Å². The summed E-state index contributed by atoms with van der Waals surface area (Å²) >= 11 is 0. The summed E-state index contributed by atoms with van der Waals surface area (Å²) in [6.45, 7) is 1.52. The van der Waals surface area contributed by atoms with Crippen molar-refractivity contribution in [3.63, 3.8) is 0 Å². The molecule has 0 radical (unpaired) electrons. The zero-order valence-corrected chi connectivity index (χ0v) is 13.4. The number of hydrogen-bond donors (Lipinski definition) is 1. The minimum Gasteiger partial charge on any atom is -0.439 e. The predicted octanol–water partition coefficient (Wildman–Crippen LogP) is 1.74. The summed E-state index contributed by atoms with van der Waals surface area (Å²) in [5, 5.41) is 0. The largest absolute Gasteiger partial charge is 0.439 e. The van der Waals surface area contributed by atoms with Crippen molar-refractivity contribution in [3.8, 4) is 11.4 Å². The standard InChI is InChI=1S/C17H18N4O3/c1-20-10-17(24-16(20)23)6-9-21(11-17)15(22)13-5-3-2-4-12(13)14-18-7-8-19-14/h2-5,7-8H,6,9-11H2,1H3,(H,18,19). The van der Waals surface area contributed by atoms with Gasteiger partial charge >= 0.3 is 6.09 Å². The number of amides is 2. The minimum absolute atomic E-state index is 0.0653. The molecule has 124 valence electrons. The number of benzene rings is 1. The summed E-state index contributed by atoms with van der Waals surface area (Å²) in [7, 11) is 1.72. The van der Waals surface area contributed by atoms with Crippen molar-refractivity contribution >= 4 is 12.0 Å². The molecule has 2 aliphatic heterocycles. The van der Waals surface area contributed by atoms with E-state index in [4.69, 9.17) is 4.74 Å². The summed E-state index contributed by atoms with van der Waals surface area (Å²) in [6.07, 6.45) is 3.74. The van der Waals surface area contributed by atoms with Gasteiger partial charge in [0.15, 0.2) is 5.60 Å². The van der Waals surface area contributed by atoms with Crippen LogP contribution in [0, 0.1) is 0 Å². The van der Waals surface area contributed by atoms with Gasteiger partial charge in [0.25, 0.3) is 5.91 Å². The monoisotopic (exact) mass is 326 g/mol. The number of aromatic nitrogens is 2. The van der Waals surface area contributed by atoms with Crippen molar-refractivity contribution in [1.82, 2.24) is 19.8 Å². The van der Waals surface area contributed by atoms with Crippen LogP contribution in [-0.4, -0.2) is 64.1 Å². The maximum atomic E-state index is 13.0. The summed E-state index contributed by atoms with van der Waals surface area (Å²) in [5.41, 5.74) is 0.803. The first kappa shape index (κ1) is 14.7. The Hall–Kier alpha value is -2.83. The molecule has 0 saturated carbocycles. The van der Waals surface area contributed by atoms with E-state index in [1.54, 1.807) is 35.3 Å². The molecule has 0 aliphatic carbocycles. The molecule has 2 saturated heterocycles. The van der Waals surface area contributed by atoms with Crippen molar-refractivity contribution < 1.29 is 14.3 Å². The molecule has 3 heterocycles. The predicted molar refractivity (Wildman–Crippen MR) is 86.4 cm³/mol. The van der Waals surface area contributed by atoms with Gasteiger partial charge in [-0.15, -0.1) is 0 Å². The molecule has 2 aliphatic rings.